The maximum atomic E-state index is 9.84. The van der Waals surface area contributed by atoms with E-state index in [1.165, 1.54) is 0 Å². The second-order valence-corrected chi connectivity index (χ2v) is 5.48. The standard InChI is InChI=1S/C14H19N3O3/c1-17(7-10-3-2-4-12(10)18)8-13-15-14(16-20-13)11-5-6-19-9-11/h5-6,9-10,12,18H,2-4,7-8H2,1H3. The SMILES string of the molecule is CN(Cc1nc(-c2ccoc2)no1)CC1CCCC1O. The first kappa shape index (κ1) is 13.3. The van der Waals surface area contributed by atoms with Gasteiger partial charge in [0.25, 0.3) is 0 Å². The topological polar surface area (TPSA) is 75.5 Å². The van der Waals surface area contributed by atoms with Crippen molar-refractivity contribution in [1.82, 2.24) is 15.0 Å². The monoisotopic (exact) mass is 277 g/mol. The zero-order chi connectivity index (χ0) is 13.9. The summed E-state index contributed by atoms with van der Waals surface area (Å²) in [7, 11) is 2.01. The first-order valence-corrected chi connectivity index (χ1v) is 6.94. The predicted octanol–water partition coefficient (Wildman–Crippen LogP) is 1.92. The summed E-state index contributed by atoms with van der Waals surface area (Å²) in [5.41, 5.74) is 0.814. The van der Waals surface area contributed by atoms with Crippen LogP contribution in [0.1, 0.15) is 25.2 Å². The molecule has 0 aliphatic heterocycles. The number of hydrogen-bond acceptors (Lipinski definition) is 6. The average molecular weight is 277 g/mol. The van der Waals surface area contributed by atoms with Gasteiger partial charge in [-0.25, -0.2) is 0 Å². The average Bonchev–Trinajstić information content (AvgIpc) is 3.12. The van der Waals surface area contributed by atoms with Crippen LogP contribution in [0.5, 0.6) is 0 Å². The van der Waals surface area contributed by atoms with Crippen LogP contribution in [0, 0.1) is 5.92 Å². The zero-order valence-electron chi connectivity index (χ0n) is 11.5. The van der Waals surface area contributed by atoms with Gasteiger partial charge in [0.1, 0.15) is 6.26 Å². The predicted molar refractivity (Wildman–Crippen MR) is 71.7 cm³/mol. The van der Waals surface area contributed by atoms with Gasteiger partial charge >= 0.3 is 0 Å². The Morgan fingerprint density at radius 2 is 2.35 bits per heavy atom. The van der Waals surface area contributed by atoms with Gasteiger partial charge in [-0.3, -0.25) is 4.90 Å². The van der Waals surface area contributed by atoms with Crippen LogP contribution in [-0.4, -0.2) is 39.8 Å². The van der Waals surface area contributed by atoms with Crippen LogP contribution in [0.15, 0.2) is 27.5 Å². The summed E-state index contributed by atoms with van der Waals surface area (Å²) in [4.78, 5) is 6.46. The van der Waals surface area contributed by atoms with Crippen molar-refractivity contribution in [3.8, 4) is 11.4 Å². The van der Waals surface area contributed by atoms with Crippen LogP contribution in [0.4, 0.5) is 0 Å². The molecule has 0 bridgehead atoms. The van der Waals surface area contributed by atoms with E-state index in [-0.39, 0.29) is 6.10 Å². The van der Waals surface area contributed by atoms with E-state index in [9.17, 15) is 5.11 Å². The van der Waals surface area contributed by atoms with Gasteiger partial charge in [-0.1, -0.05) is 11.6 Å². The minimum Gasteiger partial charge on any atom is -0.472 e. The molecule has 1 aliphatic rings. The molecule has 0 spiro atoms. The Morgan fingerprint density at radius 3 is 3.05 bits per heavy atom. The number of aromatic nitrogens is 2. The molecule has 2 aromatic heterocycles. The number of furan rings is 1. The first-order chi connectivity index (χ1) is 9.72. The second kappa shape index (κ2) is 5.76. The molecule has 0 radical (unpaired) electrons. The number of rotatable bonds is 5. The molecule has 2 unspecified atom stereocenters. The van der Waals surface area contributed by atoms with Crippen molar-refractivity contribution < 1.29 is 14.0 Å². The van der Waals surface area contributed by atoms with Gasteiger partial charge in [-0.2, -0.15) is 4.98 Å². The second-order valence-electron chi connectivity index (χ2n) is 5.48. The molecule has 0 aromatic carbocycles. The van der Waals surface area contributed by atoms with E-state index in [4.69, 9.17) is 8.94 Å². The fraction of sp³-hybridized carbons (Fsp3) is 0.571. The van der Waals surface area contributed by atoms with Crippen LogP contribution in [0.25, 0.3) is 11.4 Å². The van der Waals surface area contributed by atoms with Crippen molar-refractivity contribution in [1.29, 1.82) is 0 Å². The van der Waals surface area contributed by atoms with Crippen molar-refractivity contribution in [2.24, 2.45) is 5.92 Å². The summed E-state index contributed by atoms with van der Waals surface area (Å²) in [6.45, 7) is 1.44. The number of aliphatic hydroxyl groups is 1. The largest absolute Gasteiger partial charge is 0.472 e. The quantitative estimate of drug-likeness (QED) is 0.900. The third-order valence-corrected chi connectivity index (χ3v) is 3.82. The molecule has 2 heterocycles. The lowest BCUT2D eigenvalue weighted by Gasteiger charge is -2.21. The molecule has 0 saturated heterocycles. The number of nitrogens with zero attached hydrogens (tertiary/aromatic N) is 3. The van der Waals surface area contributed by atoms with Gasteiger partial charge in [0.2, 0.25) is 11.7 Å². The van der Waals surface area contributed by atoms with Crippen molar-refractivity contribution >= 4 is 0 Å². The summed E-state index contributed by atoms with van der Waals surface area (Å²) in [5.74, 6) is 1.48. The van der Waals surface area contributed by atoms with Crippen molar-refractivity contribution in [3.05, 3.63) is 24.5 Å². The third-order valence-electron chi connectivity index (χ3n) is 3.82. The maximum absolute atomic E-state index is 9.84. The highest BCUT2D eigenvalue weighted by Gasteiger charge is 2.26. The van der Waals surface area contributed by atoms with Gasteiger partial charge in [0, 0.05) is 6.54 Å². The van der Waals surface area contributed by atoms with Gasteiger partial charge in [0.05, 0.1) is 24.5 Å². The molecule has 1 fully saturated rings. The van der Waals surface area contributed by atoms with E-state index in [0.717, 1.165) is 31.4 Å². The van der Waals surface area contributed by atoms with Crippen LogP contribution < -0.4 is 0 Å². The fourth-order valence-electron chi connectivity index (χ4n) is 2.75. The zero-order valence-corrected chi connectivity index (χ0v) is 11.5. The van der Waals surface area contributed by atoms with E-state index >= 15 is 0 Å². The lowest BCUT2D eigenvalue weighted by Crippen LogP contribution is -2.29. The van der Waals surface area contributed by atoms with Crippen molar-refractivity contribution in [2.75, 3.05) is 13.6 Å². The molecular weight excluding hydrogens is 258 g/mol. The molecule has 2 atom stereocenters. The van der Waals surface area contributed by atoms with E-state index in [1.807, 2.05) is 7.05 Å². The fourth-order valence-corrected chi connectivity index (χ4v) is 2.75. The Labute approximate surface area is 117 Å². The van der Waals surface area contributed by atoms with Crippen LogP contribution in [0.2, 0.25) is 0 Å². The van der Waals surface area contributed by atoms with Crippen molar-refractivity contribution in [2.45, 2.75) is 31.9 Å². The summed E-state index contributed by atoms with van der Waals surface area (Å²) in [5, 5.41) is 13.8. The van der Waals surface area contributed by atoms with E-state index in [0.29, 0.717) is 24.2 Å². The Bertz CT molecular complexity index is 538. The summed E-state index contributed by atoms with van der Waals surface area (Å²) in [6.07, 6.45) is 6.14. The minimum atomic E-state index is -0.165. The highest BCUT2D eigenvalue weighted by Crippen LogP contribution is 2.26. The third kappa shape index (κ3) is 2.91. The van der Waals surface area contributed by atoms with E-state index < -0.39 is 0 Å². The molecule has 3 rings (SSSR count). The van der Waals surface area contributed by atoms with Gasteiger partial charge in [-0.15, -0.1) is 0 Å². The molecule has 1 saturated carbocycles. The van der Waals surface area contributed by atoms with Crippen LogP contribution in [0.3, 0.4) is 0 Å². The highest BCUT2D eigenvalue weighted by atomic mass is 16.5. The Kier molecular flexibility index (Phi) is 3.84. The molecule has 20 heavy (non-hydrogen) atoms. The van der Waals surface area contributed by atoms with Crippen LogP contribution in [-0.2, 0) is 6.54 Å². The summed E-state index contributed by atoms with van der Waals surface area (Å²) >= 11 is 0. The molecular formula is C14H19N3O3. The first-order valence-electron chi connectivity index (χ1n) is 6.94. The summed E-state index contributed by atoms with van der Waals surface area (Å²) in [6, 6.07) is 1.80. The van der Waals surface area contributed by atoms with E-state index in [2.05, 4.69) is 15.0 Å². The minimum absolute atomic E-state index is 0.165. The molecule has 108 valence electrons. The Balaban J connectivity index is 1.57. The maximum Gasteiger partial charge on any atom is 0.241 e. The molecule has 1 N–H and O–H groups in total. The highest BCUT2D eigenvalue weighted by molar-refractivity contribution is 5.51. The molecule has 0 amide bonds. The Hall–Kier alpha value is -1.66. The van der Waals surface area contributed by atoms with Gasteiger partial charge in [-0.05, 0) is 31.9 Å². The Morgan fingerprint density at radius 1 is 1.45 bits per heavy atom. The number of hydrogen-bond donors (Lipinski definition) is 1. The lowest BCUT2D eigenvalue weighted by atomic mass is 10.1. The molecule has 6 nitrogen and oxygen atoms in total. The molecule has 2 aromatic rings. The summed E-state index contributed by atoms with van der Waals surface area (Å²) < 4.78 is 10.2. The molecule has 1 aliphatic carbocycles. The van der Waals surface area contributed by atoms with Crippen LogP contribution >= 0.6 is 0 Å². The number of aliphatic hydroxyl groups excluding tert-OH is 1. The smallest absolute Gasteiger partial charge is 0.241 e. The van der Waals surface area contributed by atoms with Gasteiger partial charge in [0.15, 0.2) is 0 Å². The molecule has 6 heteroatoms. The van der Waals surface area contributed by atoms with Gasteiger partial charge < -0.3 is 14.0 Å². The van der Waals surface area contributed by atoms with E-state index in [1.54, 1.807) is 18.6 Å². The lowest BCUT2D eigenvalue weighted by molar-refractivity contribution is 0.104. The van der Waals surface area contributed by atoms with Crippen molar-refractivity contribution in [3.63, 3.8) is 0 Å². The normalized spacial score (nSPS) is 22.8.